The summed E-state index contributed by atoms with van der Waals surface area (Å²) < 4.78 is 41.6. The molecular formula is C11H12BrF3O. The molecule has 0 radical (unpaired) electrons. The van der Waals surface area contributed by atoms with Gasteiger partial charge in [-0.05, 0) is 47.0 Å². The molecule has 0 saturated heterocycles. The van der Waals surface area contributed by atoms with E-state index in [9.17, 15) is 13.2 Å². The Morgan fingerprint density at radius 3 is 2.56 bits per heavy atom. The third kappa shape index (κ3) is 4.88. The molecule has 0 aromatic heterocycles. The molecule has 0 aliphatic rings. The van der Waals surface area contributed by atoms with E-state index in [1.54, 1.807) is 6.07 Å². The van der Waals surface area contributed by atoms with Gasteiger partial charge in [0, 0.05) is 6.42 Å². The Bertz CT molecular complexity index is 350. The number of aryl methyl sites for hydroxylation is 1. The van der Waals surface area contributed by atoms with E-state index in [1.807, 2.05) is 19.1 Å². The Labute approximate surface area is 101 Å². The Balaban J connectivity index is 2.38. The van der Waals surface area contributed by atoms with E-state index in [0.717, 1.165) is 10.0 Å². The highest BCUT2D eigenvalue weighted by Gasteiger charge is 2.26. The van der Waals surface area contributed by atoms with Crippen LogP contribution in [0, 0.1) is 6.92 Å². The Hall–Kier alpha value is -0.710. The van der Waals surface area contributed by atoms with Crippen molar-refractivity contribution in [1.29, 1.82) is 0 Å². The fourth-order valence-corrected chi connectivity index (χ4v) is 1.79. The normalized spacial score (nSPS) is 11.6. The second kappa shape index (κ2) is 5.57. The highest BCUT2D eigenvalue weighted by Crippen LogP contribution is 2.26. The number of hydrogen-bond donors (Lipinski definition) is 0. The second-order valence-electron chi connectivity index (χ2n) is 3.50. The minimum Gasteiger partial charge on any atom is -0.492 e. The number of rotatable bonds is 4. The van der Waals surface area contributed by atoms with Crippen molar-refractivity contribution in [3.8, 4) is 5.75 Å². The first-order valence-electron chi connectivity index (χ1n) is 4.84. The van der Waals surface area contributed by atoms with Gasteiger partial charge >= 0.3 is 6.18 Å². The zero-order valence-electron chi connectivity index (χ0n) is 8.77. The summed E-state index contributed by atoms with van der Waals surface area (Å²) in [4.78, 5) is 0. The first-order chi connectivity index (χ1) is 7.38. The van der Waals surface area contributed by atoms with Crippen LogP contribution in [0.15, 0.2) is 22.7 Å². The minimum absolute atomic E-state index is 0.0240. The van der Waals surface area contributed by atoms with Gasteiger partial charge in [0.15, 0.2) is 0 Å². The van der Waals surface area contributed by atoms with Gasteiger partial charge in [-0.25, -0.2) is 0 Å². The first kappa shape index (κ1) is 13.4. The molecule has 16 heavy (non-hydrogen) atoms. The third-order valence-electron chi connectivity index (χ3n) is 1.95. The van der Waals surface area contributed by atoms with Crippen molar-refractivity contribution in [2.75, 3.05) is 6.61 Å². The molecule has 1 nitrogen and oxygen atoms in total. The van der Waals surface area contributed by atoms with Crippen LogP contribution in [0.2, 0.25) is 0 Å². The van der Waals surface area contributed by atoms with Crippen molar-refractivity contribution in [2.24, 2.45) is 0 Å². The molecule has 1 aromatic rings. The molecule has 0 heterocycles. The van der Waals surface area contributed by atoms with E-state index in [2.05, 4.69) is 15.9 Å². The number of halogens is 4. The lowest BCUT2D eigenvalue weighted by molar-refractivity contribution is -0.136. The molecule has 0 spiro atoms. The van der Waals surface area contributed by atoms with Crippen LogP contribution in [0.3, 0.4) is 0 Å². The molecule has 0 saturated carbocycles. The van der Waals surface area contributed by atoms with Gasteiger partial charge in [-0.3, -0.25) is 0 Å². The lowest BCUT2D eigenvalue weighted by Crippen LogP contribution is -2.09. The number of alkyl halides is 3. The van der Waals surface area contributed by atoms with Gasteiger partial charge in [0.25, 0.3) is 0 Å². The molecule has 1 aromatic carbocycles. The van der Waals surface area contributed by atoms with E-state index in [-0.39, 0.29) is 13.0 Å². The van der Waals surface area contributed by atoms with Crippen LogP contribution in [0.25, 0.3) is 0 Å². The smallest absolute Gasteiger partial charge is 0.389 e. The molecule has 0 atom stereocenters. The molecule has 0 aliphatic heterocycles. The summed E-state index contributed by atoms with van der Waals surface area (Å²) in [5.74, 6) is 0.577. The van der Waals surface area contributed by atoms with Gasteiger partial charge in [0.2, 0.25) is 0 Å². The number of benzene rings is 1. The summed E-state index contributed by atoms with van der Waals surface area (Å²) in [5, 5.41) is 0. The summed E-state index contributed by atoms with van der Waals surface area (Å²) in [6.07, 6.45) is -4.94. The fraction of sp³-hybridized carbons (Fsp3) is 0.455. The predicted octanol–water partition coefficient (Wildman–Crippen LogP) is 4.48. The standard InChI is InChI=1S/C11H12BrF3O/c1-8-3-4-10(9(12)7-8)16-6-2-5-11(13,14)15/h3-4,7H,2,5-6H2,1H3. The summed E-state index contributed by atoms with van der Waals surface area (Å²) in [7, 11) is 0. The van der Waals surface area contributed by atoms with Crippen molar-refractivity contribution in [2.45, 2.75) is 25.9 Å². The average molecular weight is 297 g/mol. The summed E-state index contributed by atoms with van der Waals surface area (Å²) in [6.45, 7) is 2.00. The molecule has 0 aliphatic carbocycles. The lowest BCUT2D eigenvalue weighted by Gasteiger charge is -2.09. The Kier molecular flexibility index (Phi) is 4.65. The zero-order valence-corrected chi connectivity index (χ0v) is 10.4. The van der Waals surface area contributed by atoms with Crippen LogP contribution in [-0.4, -0.2) is 12.8 Å². The van der Waals surface area contributed by atoms with Gasteiger partial charge in [0.05, 0.1) is 11.1 Å². The average Bonchev–Trinajstić information content (AvgIpc) is 2.13. The van der Waals surface area contributed by atoms with E-state index >= 15 is 0 Å². The van der Waals surface area contributed by atoms with Crippen molar-refractivity contribution in [1.82, 2.24) is 0 Å². The molecule has 0 N–H and O–H groups in total. The van der Waals surface area contributed by atoms with E-state index < -0.39 is 12.6 Å². The molecule has 90 valence electrons. The summed E-state index contributed by atoms with van der Waals surface area (Å²) in [6, 6.07) is 5.45. The first-order valence-corrected chi connectivity index (χ1v) is 5.63. The van der Waals surface area contributed by atoms with Crippen LogP contribution in [0.4, 0.5) is 13.2 Å². The molecule has 0 fully saturated rings. The van der Waals surface area contributed by atoms with Gasteiger partial charge < -0.3 is 4.74 Å². The summed E-state index contributed by atoms with van der Waals surface area (Å²) in [5.41, 5.74) is 1.06. The minimum atomic E-state index is -4.10. The fourth-order valence-electron chi connectivity index (χ4n) is 1.18. The van der Waals surface area contributed by atoms with Crippen LogP contribution in [0.1, 0.15) is 18.4 Å². The molecular weight excluding hydrogens is 285 g/mol. The molecule has 0 bridgehead atoms. The van der Waals surface area contributed by atoms with E-state index in [4.69, 9.17) is 4.74 Å². The topological polar surface area (TPSA) is 9.23 Å². The zero-order chi connectivity index (χ0) is 12.2. The molecule has 0 unspecified atom stereocenters. The van der Waals surface area contributed by atoms with Gasteiger partial charge in [0.1, 0.15) is 5.75 Å². The lowest BCUT2D eigenvalue weighted by atomic mass is 10.2. The third-order valence-corrected chi connectivity index (χ3v) is 2.57. The quantitative estimate of drug-likeness (QED) is 0.745. The number of ether oxygens (including phenoxy) is 1. The largest absolute Gasteiger partial charge is 0.492 e. The molecule has 0 amide bonds. The Morgan fingerprint density at radius 2 is 2.00 bits per heavy atom. The van der Waals surface area contributed by atoms with Crippen molar-refractivity contribution in [3.05, 3.63) is 28.2 Å². The van der Waals surface area contributed by atoms with Gasteiger partial charge in [-0.15, -0.1) is 0 Å². The van der Waals surface area contributed by atoms with E-state index in [0.29, 0.717) is 5.75 Å². The highest BCUT2D eigenvalue weighted by molar-refractivity contribution is 9.10. The summed E-state index contributed by atoms with van der Waals surface area (Å²) >= 11 is 3.29. The van der Waals surface area contributed by atoms with Crippen molar-refractivity contribution < 1.29 is 17.9 Å². The monoisotopic (exact) mass is 296 g/mol. The van der Waals surface area contributed by atoms with Crippen LogP contribution in [-0.2, 0) is 0 Å². The maximum absolute atomic E-state index is 11.8. The second-order valence-corrected chi connectivity index (χ2v) is 4.36. The van der Waals surface area contributed by atoms with Crippen LogP contribution >= 0.6 is 15.9 Å². The maximum atomic E-state index is 11.8. The van der Waals surface area contributed by atoms with Crippen LogP contribution < -0.4 is 4.74 Å². The van der Waals surface area contributed by atoms with Crippen LogP contribution in [0.5, 0.6) is 5.75 Å². The van der Waals surface area contributed by atoms with E-state index in [1.165, 1.54) is 0 Å². The highest BCUT2D eigenvalue weighted by atomic mass is 79.9. The van der Waals surface area contributed by atoms with Crippen molar-refractivity contribution in [3.63, 3.8) is 0 Å². The molecule has 1 rings (SSSR count). The SMILES string of the molecule is Cc1ccc(OCCCC(F)(F)F)c(Br)c1. The predicted molar refractivity (Wildman–Crippen MR) is 59.7 cm³/mol. The van der Waals surface area contributed by atoms with Gasteiger partial charge in [-0.1, -0.05) is 6.07 Å². The maximum Gasteiger partial charge on any atom is 0.389 e. The van der Waals surface area contributed by atoms with Gasteiger partial charge in [-0.2, -0.15) is 13.2 Å². The van der Waals surface area contributed by atoms with Crippen molar-refractivity contribution >= 4 is 15.9 Å². The molecule has 5 heteroatoms. The number of hydrogen-bond acceptors (Lipinski definition) is 1. The Morgan fingerprint density at radius 1 is 1.31 bits per heavy atom.